The lowest BCUT2D eigenvalue weighted by Gasteiger charge is -2.36. The summed E-state index contributed by atoms with van der Waals surface area (Å²) in [6, 6.07) is 6.30. The van der Waals surface area contributed by atoms with Crippen LogP contribution in [0.1, 0.15) is 6.42 Å². The molecular weight excluding hydrogens is 458 g/mol. The fourth-order valence-electron chi connectivity index (χ4n) is 3.60. The second kappa shape index (κ2) is 9.97. The Bertz CT molecular complexity index is 1190. The van der Waals surface area contributed by atoms with Crippen LogP contribution in [-0.4, -0.2) is 68.0 Å². The van der Waals surface area contributed by atoms with Crippen LogP contribution in [0.2, 0.25) is 5.02 Å². The van der Waals surface area contributed by atoms with Gasteiger partial charge < -0.3 is 9.64 Å². The first-order chi connectivity index (χ1) is 15.0. The number of hydrogen-bond acceptors (Lipinski definition) is 7. The first-order valence-corrected chi connectivity index (χ1v) is 12.5. The summed E-state index contributed by atoms with van der Waals surface area (Å²) in [7, 11) is -0.305. The summed E-state index contributed by atoms with van der Waals surface area (Å²) in [5.41, 5.74) is -0.332. The molecule has 0 bridgehead atoms. The van der Waals surface area contributed by atoms with Gasteiger partial charge in [0, 0.05) is 57.9 Å². The summed E-state index contributed by atoms with van der Waals surface area (Å²) in [6.07, 6.45) is 1.83. The number of sulfonamides is 1. The standard InChI is InChI=1S/C20H28ClN5O5S/c1-23-18(14-19(27)24(2)20(23)28)26-10-8-25(9-11-26)7-4-12-31-17-6-5-15(21)13-16(17)22-32(3,29)30/h5-6,13-14,22H,4,7-12H2,1-3H3. The molecule has 1 aliphatic rings. The summed E-state index contributed by atoms with van der Waals surface area (Å²) < 4.78 is 33.9. The normalized spacial score (nSPS) is 15.1. The molecule has 176 valence electrons. The van der Waals surface area contributed by atoms with Gasteiger partial charge in [0.05, 0.1) is 18.6 Å². The SMILES string of the molecule is Cn1c(N2CCN(CCCOc3ccc(Cl)cc3NS(C)(=O)=O)CC2)cc(=O)n(C)c1=O. The third-order valence-electron chi connectivity index (χ3n) is 5.31. The maximum atomic E-state index is 12.2. The molecule has 1 aromatic carbocycles. The number of rotatable bonds is 8. The van der Waals surface area contributed by atoms with Gasteiger partial charge in [-0.15, -0.1) is 0 Å². The topological polar surface area (TPSA) is 106 Å². The van der Waals surface area contributed by atoms with Crippen molar-refractivity contribution in [1.29, 1.82) is 0 Å². The average molecular weight is 486 g/mol. The zero-order valence-corrected chi connectivity index (χ0v) is 19.9. The summed E-state index contributed by atoms with van der Waals surface area (Å²) in [6.45, 7) is 4.24. The van der Waals surface area contributed by atoms with Gasteiger partial charge in [-0.1, -0.05) is 11.6 Å². The summed E-state index contributed by atoms with van der Waals surface area (Å²) in [5.74, 6) is 1.06. The van der Waals surface area contributed by atoms with Gasteiger partial charge in [0.15, 0.2) is 0 Å². The number of anilines is 2. The first kappa shape index (κ1) is 24.1. The highest BCUT2D eigenvalue weighted by Crippen LogP contribution is 2.29. The van der Waals surface area contributed by atoms with E-state index in [1.54, 1.807) is 19.2 Å². The predicted octanol–water partition coefficient (Wildman–Crippen LogP) is 0.700. The molecule has 1 saturated heterocycles. The van der Waals surface area contributed by atoms with Gasteiger partial charge >= 0.3 is 5.69 Å². The Labute approximate surface area is 192 Å². The molecule has 2 aromatic rings. The third-order valence-corrected chi connectivity index (χ3v) is 6.14. The van der Waals surface area contributed by atoms with E-state index in [9.17, 15) is 18.0 Å². The van der Waals surface area contributed by atoms with E-state index in [1.165, 1.54) is 23.7 Å². The average Bonchev–Trinajstić information content (AvgIpc) is 2.73. The molecule has 2 heterocycles. The molecule has 1 N–H and O–H groups in total. The van der Waals surface area contributed by atoms with Crippen molar-refractivity contribution in [2.45, 2.75) is 6.42 Å². The van der Waals surface area contributed by atoms with Crippen LogP contribution in [0.3, 0.4) is 0 Å². The van der Waals surface area contributed by atoms with Gasteiger partial charge in [-0.3, -0.25) is 23.6 Å². The van der Waals surface area contributed by atoms with Gasteiger partial charge in [0.2, 0.25) is 10.0 Å². The van der Waals surface area contributed by atoms with Crippen molar-refractivity contribution >= 4 is 33.1 Å². The van der Waals surface area contributed by atoms with Crippen molar-refractivity contribution in [2.75, 3.05) is 55.2 Å². The van der Waals surface area contributed by atoms with E-state index in [0.29, 0.717) is 42.0 Å². The van der Waals surface area contributed by atoms with Crippen LogP contribution in [0.5, 0.6) is 5.75 Å². The number of hydrogen-bond donors (Lipinski definition) is 1. The Hall–Kier alpha value is -2.50. The van der Waals surface area contributed by atoms with Crippen molar-refractivity contribution in [3.8, 4) is 5.75 Å². The molecule has 32 heavy (non-hydrogen) atoms. The number of aromatic nitrogens is 2. The zero-order chi connectivity index (χ0) is 23.5. The highest BCUT2D eigenvalue weighted by atomic mass is 35.5. The number of piperazine rings is 1. The molecule has 0 unspecified atom stereocenters. The van der Waals surface area contributed by atoms with Crippen LogP contribution in [0.25, 0.3) is 0 Å². The van der Waals surface area contributed by atoms with Gasteiger partial charge in [0.25, 0.3) is 5.56 Å². The lowest BCUT2D eigenvalue weighted by atomic mass is 10.3. The molecule has 0 radical (unpaired) electrons. The molecule has 0 saturated carbocycles. The van der Waals surface area contributed by atoms with Crippen LogP contribution in [0, 0.1) is 0 Å². The molecule has 0 amide bonds. The number of nitrogens with one attached hydrogen (secondary N) is 1. The van der Waals surface area contributed by atoms with E-state index in [2.05, 4.69) is 9.62 Å². The van der Waals surface area contributed by atoms with Crippen molar-refractivity contribution in [3.63, 3.8) is 0 Å². The monoisotopic (exact) mass is 485 g/mol. The molecule has 0 atom stereocenters. The maximum Gasteiger partial charge on any atom is 0.332 e. The highest BCUT2D eigenvalue weighted by molar-refractivity contribution is 7.92. The van der Waals surface area contributed by atoms with E-state index in [0.717, 1.165) is 36.9 Å². The third kappa shape index (κ3) is 6.05. The van der Waals surface area contributed by atoms with Gasteiger partial charge in [-0.2, -0.15) is 0 Å². The minimum atomic E-state index is -3.45. The van der Waals surface area contributed by atoms with E-state index in [-0.39, 0.29) is 11.2 Å². The number of halogens is 1. The minimum Gasteiger partial charge on any atom is -0.491 e. The number of benzene rings is 1. The van der Waals surface area contributed by atoms with Gasteiger partial charge in [0.1, 0.15) is 11.6 Å². The van der Waals surface area contributed by atoms with Crippen molar-refractivity contribution in [1.82, 2.24) is 14.0 Å². The van der Waals surface area contributed by atoms with E-state index < -0.39 is 10.0 Å². The number of nitrogens with zero attached hydrogens (tertiary/aromatic N) is 4. The molecule has 0 aliphatic carbocycles. The Kier molecular flexibility index (Phi) is 7.52. The molecule has 12 heteroatoms. The Morgan fingerprint density at radius 3 is 2.41 bits per heavy atom. The minimum absolute atomic E-state index is 0.311. The first-order valence-electron chi connectivity index (χ1n) is 10.2. The molecule has 0 spiro atoms. The van der Waals surface area contributed by atoms with Crippen LogP contribution >= 0.6 is 11.6 Å². The Morgan fingerprint density at radius 1 is 1.06 bits per heavy atom. The van der Waals surface area contributed by atoms with E-state index in [4.69, 9.17) is 16.3 Å². The van der Waals surface area contributed by atoms with Crippen LogP contribution in [0.15, 0.2) is 33.9 Å². The van der Waals surface area contributed by atoms with Crippen molar-refractivity contribution in [2.24, 2.45) is 14.1 Å². The van der Waals surface area contributed by atoms with Crippen LogP contribution in [-0.2, 0) is 24.1 Å². The van der Waals surface area contributed by atoms with E-state index in [1.807, 2.05) is 4.90 Å². The molecule has 1 aliphatic heterocycles. The molecule has 10 nitrogen and oxygen atoms in total. The smallest absolute Gasteiger partial charge is 0.332 e. The Morgan fingerprint density at radius 2 is 1.75 bits per heavy atom. The van der Waals surface area contributed by atoms with Gasteiger partial charge in [-0.05, 0) is 24.6 Å². The molecule has 1 aromatic heterocycles. The van der Waals surface area contributed by atoms with E-state index >= 15 is 0 Å². The summed E-state index contributed by atoms with van der Waals surface area (Å²) >= 11 is 5.96. The second-order valence-corrected chi connectivity index (χ2v) is 9.97. The Balaban J connectivity index is 1.50. The predicted molar refractivity (Wildman–Crippen MR) is 126 cm³/mol. The summed E-state index contributed by atoms with van der Waals surface area (Å²) in [5, 5.41) is 0.412. The fraction of sp³-hybridized carbons (Fsp3) is 0.500. The zero-order valence-electron chi connectivity index (χ0n) is 18.4. The fourth-order valence-corrected chi connectivity index (χ4v) is 4.33. The molecule has 1 fully saturated rings. The quantitative estimate of drug-likeness (QED) is 0.548. The highest BCUT2D eigenvalue weighted by Gasteiger charge is 2.20. The molecular formula is C20H28ClN5O5S. The van der Waals surface area contributed by atoms with Crippen LogP contribution in [0.4, 0.5) is 11.5 Å². The number of ether oxygens (including phenoxy) is 1. The summed E-state index contributed by atoms with van der Waals surface area (Å²) in [4.78, 5) is 28.5. The lowest BCUT2D eigenvalue weighted by Crippen LogP contribution is -2.49. The lowest BCUT2D eigenvalue weighted by molar-refractivity contribution is 0.224. The largest absolute Gasteiger partial charge is 0.491 e. The van der Waals surface area contributed by atoms with Crippen LogP contribution < -0.4 is 25.6 Å². The van der Waals surface area contributed by atoms with Gasteiger partial charge in [-0.25, -0.2) is 13.2 Å². The van der Waals surface area contributed by atoms with Crippen molar-refractivity contribution in [3.05, 3.63) is 50.1 Å². The molecule has 3 rings (SSSR count). The van der Waals surface area contributed by atoms with Crippen molar-refractivity contribution < 1.29 is 13.2 Å². The maximum absolute atomic E-state index is 12.2. The second-order valence-electron chi connectivity index (χ2n) is 7.79.